The maximum absolute atomic E-state index is 13.4. The Labute approximate surface area is 103 Å². The first-order valence-corrected chi connectivity index (χ1v) is 5.46. The summed E-state index contributed by atoms with van der Waals surface area (Å²) in [6.45, 7) is 1.70. The lowest BCUT2D eigenvalue weighted by molar-refractivity contribution is -0.387. The van der Waals surface area contributed by atoms with E-state index in [-0.39, 0.29) is 24.8 Å². The van der Waals surface area contributed by atoms with Gasteiger partial charge in [-0.05, 0) is 6.42 Å². The fourth-order valence-electron chi connectivity index (χ4n) is 1.45. The predicted molar refractivity (Wildman–Crippen MR) is 61.0 cm³/mol. The Bertz CT molecular complexity index is 437. The van der Waals surface area contributed by atoms with Crippen LogP contribution < -0.4 is 5.32 Å². The summed E-state index contributed by atoms with van der Waals surface area (Å²) in [4.78, 5) is 9.62. The molecule has 0 radical (unpaired) electrons. The average molecular weight is 260 g/mol. The van der Waals surface area contributed by atoms with Gasteiger partial charge in [0.1, 0.15) is 5.82 Å². The van der Waals surface area contributed by atoms with E-state index >= 15 is 0 Å². The summed E-state index contributed by atoms with van der Waals surface area (Å²) in [5.41, 5.74) is -0.764. The quantitative estimate of drug-likeness (QED) is 0.603. The molecule has 1 atom stereocenters. The van der Waals surface area contributed by atoms with E-state index in [9.17, 15) is 18.9 Å². The van der Waals surface area contributed by atoms with Gasteiger partial charge in [-0.2, -0.15) is 4.39 Å². The summed E-state index contributed by atoms with van der Waals surface area (Å²) >= 11 is 0. The molecule has 2 N–H and O–H groups in total. The van der Waals surface area contributed by atoms with Gasteiger partial charge < -0.3 is 10.4 Å². The van der Waals surface area contributed by atoms with E-state index < -0.39 is 22.2 Å². The van der Waals surface area contributed by atoms with Crippen molar-refractivity contribution >= 4 is 5.69 Å². The summed E-state index contributed by atoms with van der Waals surface area (Å²) in [6, 6.07) is 1.13. The molecule has 0 saturated carbocycles. The van der Waals surface area contributed by atoms with E-state index in [1.54, 1.807) is 0 Å². The maximum atomic E-state index is 13.4. The third-order valence-electron chi connectivity index (χ3n) is 2.61. The lowest BCUT2D eigenvalue weighted by atomic mass is 10.1. The highest BCUT2D eigenvalue weighted by molar-refractivity contribution is 5.37. The van der Waals surface area contributed by atoms with Crippen molar-refractivity contribution < 1.29 is 18.8 Å². The molecule has 5 nitrogen and oxygen atoms in total. The maximum Gasteiger partial charge on any atom is 0.305 e. The minimum atomic E-state index is -1.20. The Morgan fingerprint density at radius 2 is 2.11 bits per heavy atom. The van der Waals surface area contributed by atoms with Gasteiger partial charge in [0.15, 0.2) is 0 Å². The molecule has 7 heteroatoms. The highest BCUT2D eigenvalue weighted by atomic mass is 19.1. The van der Waals surface area contributed by atoms with E-state index in [2.05, 4.69) is 5.32 Å². The van der Waals surface area contributed by atoms with Crippen molar-refractivity contribution in [2.24, 2.45) is 0 Å². The average Bonchev–Trinajstić information content (AvgIpc) is 2.32. The van der Waals surface area contributed by atoms with E-state index in [0.717, 1.165) is 6.07 Å². The normalized spacial score (nSPS) is 12.4. The third kappa shape index (κ3) is 3.44. The number of nitro groups is 1. The van der Waals surface area contributed by atoms with Crippen LogP contribution in [0.4, 0.5) is 14.5 Å². The summed E-state index contributed by atoms with van der Waals surface area (Å²) in [5, 5.41) is 22.3. The Kier molecular flexibility index (Phi) is 5.11. The van der Waals surface area contributed by atoms with Gasteiger partial charge in [-0.25, -0.2) is 4.39 Å². The number of halogens is 2. The molecule has 0 aliphatic heterocycles. The van der Waals surface area contributed by atoms with Crippen LogP contribution in [0.1, 0.15) is 18.9 Å². The Balaban J connectivity index is 2.88. The molecule has 0 fully saturated rings. The van der Waals surface area contributed by atoms with Crippen molar-refractivity contribution in [1.29, 1.82) is 0 Å². The van der Waals surface area contributed by atoms with E-state index in [4.69, 9.17) is 5.11 Å². The SMILES string of the molecule is CC[C@H](CO)NCc1cc([N+](=O)[O-])c(F)cc1F. The van der Waals surface area contributed by atoms with Gasteiger partial charge >= 0.3 is 5.69 Å². The van der Waals surface area contributed by atoms with Crippen molar-refractivity contribution in [3.05, 3.63) is 39.4 Å². The summed E-state index contributed by atoms with van der Waals surface area (Å²) in [7, 11) is 0. The molecule has 0 bridgehead atoms. The number of nitrogens with zero attached hydrogens (tertiary/aromatic N) is 1. The molecule has 0 heterocycles. The molecule has 0 saturated heterocycles. The van der Waals surface area contributed by atoms with Crippen molar-refractivity contribution in [2.45, 2.75) is 25.9 Å². The van der Waals surface area contributed by atoms with Crippen LogP contribution in [0.2, 0.25) is 0 Å². The first kappa shape index (κ1) is 14.5. The number of rotatable bonds is 6. The molecular weight excluding hydrogens is 246 g/mol. The number of hydrogen-bond donors (Lipinski definition) is 2. The van der Waals surface area contributed by atoms with Crippen LogP contribution in [0.15, 0.2) is 12.1 Å². The molecule has 1 aromatic carbocycles. The lowest BCUT2D eigenvalue weighted by Crippen LogP contribution is -2.31. The number of nitrogens with one attached hydrogen (secondary N) is 1. The fraction of sp³-hybridized carbons (Fsp3) is 0.455. The van der Waals surface area contributed by atoms with Crippen LogP contribution >= 0.6 is 0 Å². The summed E-state index contributed by atoms with van der Waals surface area (Å²) in [6.07, 6.45) is 0.626. The van der Waals surface area contributed by atoms with E-state index in [1.807, 2.05) is 6.92 Å². The monoisotopic (exact) mass is 260 g/mol. The second-order valence-corrected chi connectivity index (χ2v) is 3.82. The van der Waals surface area contributed by atoms with Crippen molar-refractivity contribution in [3.8, 4) is 0 Å². The zero-order valence-corrected chi connectivity index (χ0v) is 9.82. The third-order valence-corrected chi connectivity index (χ3v) is 2.61. The van der Waals surface area contributed by atoms with Crippen LogP contribution in [0.25, 0.3) is 0 Å². The van der Waals surface area contributed by atoms with Gasteiger partial charge in [-0.3, -0.25) is 10.1 Å². The van der Waals surface area contributed by atoms with Crippen molar-refractivity contribution in [1.82, 2.24) is 5.32 Å². The van der Waals surface area contributed by atoms with E-state index in [1.165, 1.54) is 0 Å². The molecule has 0 aromatic heterocycles. The highest BCUT2D eigenvalue weighted by Gasteiger charge is 2.18. The number of benzene rings is 1. The second-order valence-electron chi connectivity index (χ2n) is 3.82. The molecule has 0 aliphatic rings. The molecule has 100 valence electrons. The van der Waals surface area contributed by atoms with Gasteiger partial charge in [0.25, 0.3) is 0 Å². The number of nitro benzene ring substituents is 1. The van der Waals surface area contributed by atoms with Gasteiger partial charge in [0.2, 0.25) is 5.82 Å². The molecule has 0 unspecified atom stereocenters. The van der Waals surface area contributed by atoms with Crippen LogP contribution in [-0.2, 0) is 6.54 Å². The highest BCUT2D eigenvalue weighted by Crippen LogP contribution is 2.21. The summed E-state index contributed by atoms with van der Waals surface area (Å²) < 4.78 is 26.5. The standard InChI is InChI=1S/C11H14F2N2O3/c1-2-8(6-16)14-5-7-3-11(15(17)18)10(13)4-9(7)12/h3-4,8,14,16H,2,5-6H2,1H3/t8-/m1/s1. The number of aliphatic hydroxyl groups excluding tert-OH is 1. The topological polar surface area (TPSA) is 75.4 Å². The minimum absolute atomic E-state index is 0.00463. The smallest absolute Gasteiger partial charge is 0.305 e. The van der Waals surface area contributed by atoms with Crippen LogP contribution in [-0.4, -0.2) is 22.7 Å². The number of aliphatic hydroxyl groups is 1. The molecule has 18 heavy (non-hydrogen) atoms. The van der Waals surface area contributed by atoms with Gasteiger partial charge in [0, 0.05) is 30.3 Å². The first-order chi connectivity index (χ1) is 8.49. The molecule has 0 amide bonds. The molecule has 1 rings (SSSR count). The van der Waals surface area contributed by atoms with Crippen molar-refractivity contribution in [2.75, 3.05) is 6.61 Å². The first-order valence-electron chi connectivity index (χ1n) is 5.46. The Morgan fingerprint density at radius 1 is 1.44 bits per heavy atom. The van der Waals surface area contributed by atoms with Crippen molar-refractivity contribution in [3.63, 3.8) is 0 Å². The van der Waals surface area contributed by atoms with Crippen LogP contribution in [0.3, 0.4) is 0 Å². The van der Waals surface area contributed by atoms with Crippen LogP contribution in [0, 0.1) is 21.7 Å². The largest absolute Gasteiger partial charge is 0.395 e. The van der Waals surface area contributed by atoms with E-state index in [0.29, 0.717) is 12.5 Å². The lowest BCUT2D eigenvalue weighted by Gasteiger charge is -2.14. The summed E-state index contributed by atoms with van der Waals surface area (Å²) in [5.74, 6) is -2.05. The zero-order valence-electron chi connectivity index (χ0n) is 9.82. The zero-order chi connectivity index (χ0) is 13.7. The number of hydrogen-bond acceptors (Lipinski definition) is 4. The molecular formula is C11H14F2N2O3. The Hall–Kier alpha value is -1.60. The van der Waals surface area contributed by atoms with Gasteiger partial charge in [-0.15, -0.1) is 0 Å². The molecule has 0 spiro atoms. The molecule has 1 aromatic rings. The second kappa shape index (κ2) is 6.36. The van der Waals surface area contributed by atoms with Crippen LogP contribution in [0.5, 0.6) is 0 Å². The minimum Gasteiger partial charge on any atom is -0.395 e. The van der Waals surface area contributed by atoms with Gasteiger partial charge in [-0.1, -0.05) is 6.92 Å². The Morgan fingerprint density at radius 3 is 2.61 bits per heavy atom. The predicted octanol–water partition coefficient (Wildman–Crippen LogP) is 1.73. The fourth-order valence-corrected chi connectivity index (χ4v) is 1.45. The molecule has 0 aliphatic carbocycles. The van der Waals surface area contributed by atoms with Gasteiger partial charge in [0.05, 0.1) is 11.5 Å².